The van der Waals surface area contributed by atoms with Crippen molar-refractivity contribution in [2.75, 3.05) is 10.2 Å². The van der Waals surface area contributed by atoms with E-state index in [1.54, 1.807) is 24.3 Å². The number of carbonyl (C=O) groups excluding carboxylic acids is 3. The Morgan fingerprint density at radius 1 is 0.878 bits per heavy atom. The molecule has 1 saturated heterocycles. The van der Waals surface area contributed by atoms with Crippen molar-refractivity contribution in [2.24, 2.45) is 5.92 Å². The van der Waals surface area contributed by atoms with Crippen molar-refractivity contribution < 1.29 is 18.8 Å². The highest BCUT2D eigenvalue weighted by molar-refractivity contribution is 6.34. The van der Waals surface area contributed by atoms with Crippen LogP contribution >= 0.6 is 11.6 Å². The molecule has 1 N–H and O–H groups in total. The molecule has 0 aliphatic carbocycles. The van der Waals surface area contributed by atoms with Crippen LogP contribution in [-0.4, -0.2) is 29.6 Å². The Labute approximate surface area is 241 Å². The number of rotatable bonds is 4. The molecule has 1 spiro atoms. The number of ketones is 2. The normalized spacial score (nSPS) is 23.9. The standard InChI is InChI=1S/C34H24ClFN2O3/c1-19-18-28-34(24-10-4-6-12-26(24)37-33(34)41)29(31(39)20-14-16-21(36)17-15-20)30(32(40)23-9-2-5-11-25(23)35)38(28)27-13-7-3-8-22(19)27/h2-18,28-30H,1H3,(H,37,41)/t28-,29+,30-,34+/m1/s1. The Bertz CT molecular complexity index is 1800. The van der Waals surface area contributed by atoms with Gasteiger partial charge in [-0.1, -0.05) is 66.2 Å². The first-order valence-corrected chi connectivity index (χ1v) is 13.8. The smallest absolute Gasteiger partial charge is 0.238 e. The number of nitrogens with zero attached hydrogens (tertiary/aromatic N) is 1. The van der Waals surface area contributed by atoms with E-state index in [4.69, 9.17) is 11.6 Å². The SMILES string of the molecule is CC1=C[C@H]2N(c3ccccc31)[C@@H](C(=O)c1ccccc1Cl)[C@@H](C(=O)c1ccc(F)cc1)[C@@]21C(=O)Nc2ccccc21. The number of carbonyl (C=O) groups is 3. The molecule has 3 heterocycles. The summed E-state index contributed by atoms with van der Waals surface area (Å²) in [5.74, 6) is -2.77. The van der Waals surface area contributed by atoms with Crippen LogP contribution in [0, 0.1) is 11.7 Å². The number of hydrogen-bond acceptors (Lipinski definition) is 4. The Morgan fingerprint density at radius 3 is 2.34 bits per heavy atom. The molecule has 1 amide bonds. The van der Waals surface area contributed by atoms with Crippen LogP contribution in [0.4, 0.5) is 15.8 Å². The number of Topliss-reactive ketones (excluding diaryl/α,β-unsaturated/α-hetero) is 2. The van der Waals surface area contributed by atoms with E-state index in [1.165, 1.54) is 24.3 Å². The lowest BCUT2D eigenvalue weighted by molar-refractivity contribution is -0.121. The first-order valence-electron chi connectivity index (χ1n) is 13.4. The minimum atomic E-state index is -1.45. The van der Waals surface area contributed by atoms with Crippen molar-refractivity contribution in [1.82, 2.24) is 0 Å². The van der Waals surface area contributed by atoms with Crippen molar-refractivity contribution in [2.45, 2.75) is 24.4 Å². The van der Waals surface area contributed by atoms with Crippen molar-refractivity contribution in [3.63, 3.8) is 0 Å². The van der Waals surface area contributed by atoms with Gasteiger partial charge in [-0.3, -0.25) is 14.4 Å². The Morgan fingerprint density at radius 2 is 1.56 bits per heavy atom. The van der Waals surface area contributed by atoms with Crippen LogP contribution in [0.2, 0.25) is 5.02 Å². The summed E-state index contributed by atoms with van der Waals surface area (Å²) < 4.78 is 13.9. The molecule has 5 nitrogen and oxygen atoms in total. The predicted octanol–water partition coefficient (Wildman–Crippen LogP) is 6.73. The molecule has 3 aliphatic rings. The number of anilines is 2. The molecular weight excluding hydrogens is 539 g/mol. The molecule has 7 rings (SSSR count). The van der Waals surface area contributed by atoms with Gasteiger partial charge in [-0.25, -0.2) is 4.39 Å². The van der Waals surface area contributed by atoms with Crippen molar-refractivity contribution in [3.05, 3.63) is 136 Å². The molecule has 4 atom stereocenters. The van der Waals surface area contributed by atoms with Gasteiger partial charge in [0.2, 0.25) is 5.91 Å². The van der Waals surface area contributed by atoms with Gasteiger partial charge in [0.25, 0.3) is 0 Å². The Balaban J connectivity index is 1.57. The van der Waals surface area contributed by atoms with Crippen molar-refractivity contribution >= 4 is 46.0 Å². The lowest BCUT2D eigenvalue weighted by Gasteiger charge is -2.39. The molecule has 202 valence electrons. The number of hydrogen-bond donors (Lipinski definition) is 1. The van der Waals surface area contributed by atoms with Gasteiger partial charge in [0, 0.05) is 28.1 Å². The second-order valence-electron chi connectivity index (χ2n) is 10.7. The van der Waals surface area contributed by atoms with Crippen LogP contribution in [0.25, 0.3) is 5.57 Å². The number of para-hydroxylation sites is 2. The lowest BCUT2D eigenvalue weighted by Crippen LogP contribution is -2.51. The van der Waals surface area contributed by atoms with Crippen molar-refractivity contribution in [1.29, 1.82) is 0 Å². The molecule has 7 heteroatoms. The van der Waals surface area contributed by atoms with Crippen molar-refractivity contribution in [3.8, 4) is 0 Å². The summed E-state index contributed by atoms with van der Waals surface area (Å²) in [5, 5.41) is 3.27. The highest BCUT2D eigenvalue weighted by Crippen LogP contribution is 2.59. The molecule has 0 radical (unpaired) electrons. The van der Waals surface area contributed by atoms with Crippen LogP contribution in [0.15, 0.2) is 103 Å². The van der Waals surface area contributed by atoms with Gasteiger partial charge < -0.3 is 10.2 Å². The van der Waals surface area contributed by atoms with Gasteiger partial charge in [0.05, 0.1) is 17.0 Å². The molecule has 0 saturated carbocycles. The van der Waals surface area contributed by atoms with E-state index in [0.717, 1.165) is 16.8 Å². The van der Waals surface area contributed by atoms with E-state index >= 15 is 0 Å². The molecule has 4 aromatic carbocycles. The zero-order valence-corrected chi connectivity index (χ0v) is 22.7. The van der Waals surface area contributed by atoms with Gasteiger partial charge in [-0.15, -0.1) is 0 Å². The van der Waals surface area contributed by atoms with E-state index in [2.05, 4.69) is 5.32 Å². The van der Waals surface area contributed by atoms with Gasteiger partial charge in [0.15, 0.2) is 11.6 Å². The lowest BCUT2D eigenvalue weighted by atomic mass is 9.64. The number of amides is 1. The molecule has 4 aromatic rings. The molecule has 0 bridgehead atoms. The second-order valence-corrected chi connectivity index (χ2v) is 11.1. The summed E-state index contributed by atoms with van der Waals surface area (Å²) in [6.07, 6.45) is 1.99. The van der Waals surface area contributed by atoms with Crippen LogP contribution in [-0.2, 0) is 10.2 Å². The number of nitrogens with one attached hydrogen (secondary N) is 1. The fraction of sp³-hybridized carbons (Fsp3) is 0.147. The third-order valence-electron chi connectivity index (χ3n) is 8.70. The average Bonchev–Trinajstić information content (AvgIpc) is 3.45. The molecule has 0 aromatic heterocycles. The number of halogens is 2. The molecule has 3 aliphatic heterocycles. The maximum Gasteiger partial charge on any atom is 0.238 e. The van der Waals surface area contributed by atoms with Crippen LogP contribution in [0.3, 0.4) is 0 Å². The minimum Gasteiger partial charge on any atom is -0.352 e. The number of benzene rings is 4. The van der Waals surface area contributed by atoms with Crippen LogP contribution in [0.5, 0.6) is 0 Å². The largest absolute Gasteiger partial charge is 0.352 e. The summed E-state index contributed by atoms with van der Waals surface area (Å²) >= 11 is 6.56. The highest BCUT2D eigenvalue weighted by atomic mass is 35.5. The topological polar surface area (TPSA) is 66.5 Å². The van der Waals surface area contributed by atoms with Crippen LogP contribution in [0.1, 0.15) is 38.8 Å². The Kier molecular flexibility index (Phi) is 5.73. The van der Waals surface area contributed by atoms with E-state index < -0.39 is 35.0 Å². The molecule has 41 heavy (non-hydrogen) atoms. The Hall–Kier alpha value is -4.55. The van der Waals surface area contributed by atoms with Gasteiger partial charge in [0.1, 0.15) is 17.3 Å². The summed E-state index contributed by atoms with van der Waals surface area (Å²) in [5.41, 5.74) is 2.91. The third kappa shape index (κ3) is 3.50. The minimum absolute atomic E-state index is 0.221. The summed E-state index contributed by atoms with van der Waals surface area (Å²) in [6.45, 7) is 1.97. The number of allylic oxidation sites excluding steroid dienone is 1. The summed E-state index contributed by atoms with van der Waals surface area (Å²) in [6, 6.07) is 25.3. The average molecular weight is 563 g/mol. The molecule has 1 fully saturated rings. The zero-order valence-electron chi connectivity index (χ0n) is 22.0. The first-order chi connectivity index (χ1) is 19.8. The summed E-state index contributed by atoms with van der Waals surface area (Å²) in [4.78, 5) is 45.7. The second kappa shape index (κ2) is 9.25. The van der Waals surface area contributed by atoms with Gasteiger partial charge in [-0.05, 0) is 66.6 Å². The van der Waals surface area contributed by atoms with E-state index in [0.29, 0.717) is 11.3 Å². The molecule has 0 unspecified atom stereocenters. The monoisotopic (exact) mass is 562 g/mol. The maximum atomic E-state index is 14.7. The van der Waals surface area contributed by atoms with Crippen LogP contribution < -0.4 is 10.2 Å². The van der Waals surface area contributed by atoms with Gasteiger partial charge in [-0.2, -0.15) is 0 Å². The van der Waals surface area contributed by atoms with E-state index in [-0.39, 0.29) is 27.8 Å². The van der Waals surface area contributed by atoms with E-state index in [9.17, 15) is 18.8 Å². The first kappa shape index (κ1) is 25.4. The third-order valence-corrected chi connectivity index (χ3v) is 9.03. The van der Waals surface area contributed by atoms with Gasteiger partial charge >= 0.3 is 0 Å². The summed E-state index contributed by atoms with van der Waals surface area (Å²) in [7, 11) is 0. The predicted molar refractivity (Wildman–Crippen MR) is 157 cm³/mol. The number of fused-ring (bicyclic) bond motifs is 6. The fourth-order valence-corrected chi connectivity index (χ4v) is 7.23. The zero-order chi connectivity index (χ0) is 28.5. The maximum absolute atomic E-state index is 14.7. The quantitative estimate of drug-likeness (QED) is 0.280. The highest BCUT2D eigenvalue weighted by Gasteiger charge is 2.70. The molecular formula is C34H24ClFN2O3. The fourth-order valence-electron chi connectivity index (χ4n) is 7.00. The van der Waals surface area contributed by atoms with E-state index in [1.807, 2.05) is 66.4 Å².